The van der Waals surface area contributed by atoms with Gasteiger partial charge in [0.25, 0.3) is 0 Å². The fourth-order valence-corrected chi connectivity index (χ4v) is 2.60. The van der Waals surface area contributed by atoms with E-state index in [9.17, 15) is 0 Å². The Balaban J connectivity index is 2.28. The van der Waals surface area contributed by atoms with Gasteiger partial charge in [0.2, 0.25) is 0 Å². The topological polar surface area (TPSA) is 43.8 Å². The summed E-state index contributed by atoms with van der Waals surface area (Å²) in [5.41, 5.74) is 9.57. The van der Waals surface area contributed by atoms with Gasteiger partial charge in [0.1, 0.15) is 5.82 Å². The average Bonchev–Trinajstić information content (AvgIpc) is 2.77. The van der Waals surface area contributed by atoms with Crippen LogP contribution in [0.5, 0.6) is 0 Å². The molecule has 3 rings (SSSR count). The molecule has 1 heterocycles. The van der Waals surface area contributed by atoms with Gasteiger partial charge in [0.15, 0.2) is 0 Å². The van der Waals surface area contributed by atoms with Crippen molar-refractivity contribution in [2.24, 2.45) is 0 Å². The van der Waals surface area contributed by atoms with Crippen LogP contribution in [-0.2, 0) is 0 Å². The molecule has 1 aromatic heterocycles. The number of aromatic nitrogens is 2. The number of halogens is 1. The summed E-state index contributed by atoms with van der Waals surface area (Å²) in [4.78, 5) is 4.73. The normalized spacial score (nSPS) is 11.4. The number of nitrogens with zero attached hydrogens (tertiary/aromatic N) is 2. The van der Waals surface area contributed by atoms with Crippen LogP contribution in [0.3, 0.4) is 0 Å². The number of hydrogen-bond donors (Lipinski definition) is 1. The van der Waals surface area contributed by atoms with Gasteiger partial charge >= 0.3 is 0 Å². The summed E-state index contributed by atoms with van der Waals surface area (Å²) in [6, 6.07) is 13.9. The predicted molar refractivity (Wildman–Crippen MR) is 85.0 cm³/mol. The van der Waals surface area contributed by atoms with E-state index in [2.05, 4.69) is 18.4 Å². The fourth-order valence-electron chi connectivity index (χ4n) is 2.43. The maximum atomic E-state index is 6.06. The van der Waals surface area contributed by atoms with Gasteiger partial charge in [0, 0.05) is 22.3 Å². The average molecular weight is 286 g/mol. The lowest BCUT2D eigenvalue weighted by atomic mass is 10.2. The zero-order chi connectivity index (χ0) is 14.3. The first-order valence-electron chi connectivity index (χ1n) is 6.59. The van der Waals surface area contributed by atoms with Crippen LogP contribution in [0.25, 0.3) is 22.4 Å². The molecule has 0 saturated carbocycles. The number of anilines is 1. The summed E-state index contributed by atoms with van der Waals surface area (Å²) in [5, 5.41) is 0.703. The highest BCUT2D eigenvalue weighted by molar-refractivity contribution is 6.31. The van der Waals surface area contributed by atoms with Gasteiger partial charge < -0.3 is 10.3 Å². The molecule has 0 spiro atoms. The number of nitrogens with two attached hydrogens (primary N) is 1. The van der Waals surface area contributed by atoms with Gasteiger partial charge in [-0.05, 0) is 56.3 Å². The highest BCUT2D eigenvalue weighted by Gasteiger charge is 2.14. The molecule has 0 amide bonds. The largest absolute Gasteiger partial charge is 0.399 e. The second kappa shape index (κ2) is 4.84. The number of hydrogen-bond acceptors (Lipinski definition) is 2. The predicted octanol–water partition coefficient (Wildman–Crippen LogP) is 4.52. The standard InChI is InChI=1S/C16H16ClN3/c1-10(2)20-15-8-5-12(17)9-14(15)19-16(20)11-3-6-13(18)7-4-11/h3-10H,18H2,1-2H3. The van der Waals surface area contributed by atoms with Crippen LogP contribution in [-0.4, -0.2) is 9.55 Å². The summed E-state index contributed by atoms with van der Waals surface area (Å²) in [6.07, 6.45) is 0. The van der Waals surface area contributed by atoms with Crippen LogP contribution in [0.15, 0.2) is 42.5 Å². The Morgan fingerprint density at radius 2 is 1.80 bits per heavy atom. The van der Waals surface area contributed by atoms with E-state index >= 15 is 0 Å². The molecule has 0 radical (unpaired) electrons. The molecule has 0 unspecified atom stereocenters. The molecular weight excluding hydrogens is 270 g/mol. The maximum Gasteiger partial charge on any atom is 0.141 e. The lowest BCUT2D eigenvalue weighted by molar-refractivity contribution is 0.624. The second-order valence-corrected chi connectivity index (χ2v) is 5.59. The fraction of sp³-hybridized carbons (Fsp3) is 0.188. The van der Waals surface area contributed by atoms with E-state index in [0.29, 0.717) is 11.1 Å². The molecule has 0 aliphatic rings. The van der Waals surface area contributed by atoms with Crippen molar-refractivity contribution in [2.75, 3.05) is 5.73 Å². The molecule has 3 aromatic rings. The highest BCUT2D eigenvalue weighted by Crippen LogP contribution is 2.30. The maximum absolute atomic E-state index is 6.06. The smallest absolute Gasteiger partial charge is 0.141 e. The number of nitrogen functional groups attached to an aromatic ring is 1. The molecule has 2 N–H and O–H groups in total. The molecule has 4 heteroatoms. The number of fused-ring (bicyclic) bond motifs is 1. The summed E-state index contributed by atoms with van der Waals surface area (Å²) >= 11 is 6.06. The van der Waals surface area contributed by atoms with E-state index in [-0.39, 0.29) is 0 Å². The molecule has 102 valence electrons. The van der Waals surface area contributed by atoms with Crippen LogP contribution < -0.4 is 5.73 Å². The summed E-state index contributed by atoms with van der Waals surface area (Å²) in [5.74, 6) is 0.942. The molecule has 20 heavy (non-hydrogen) atoms. The second-order valence-electron chi connectivity index (χ2n) is 5.15. The Kier molecular flexibility index (Phi) is 3.14. The molecule has 0 bridgehead atoms. The minimum atomic E-state index is 0.314. The molecule has 0 fully saturated rings. The monoisotopic (exact) mass is 285 g/mol. The van der Waals surface area contributed by atoms with Crippen LogP contribution in [0.1, 0.15) is 19.9 Å². The molecule has 0 aliphatic carbocycles. The lowest BCUT2D eigenvalue weighted by Crippen LogP contribution is -2.03. The third kappa shape index (κ3) is 2.14. The molecule has 3 nitrogen and oxygen atoms in total. The zero-order valence-corrected chi connectivity index (χ0v) is 12.2. The minimum absolute atomic E-state index is 0.314. The van der Waals surface area contributed by atoms with Crippen molar-refractivity contribution < 1.29 is 0 Å². The van der Waals surface area contributed by atoms with Crippen LogP contribution in [0.2, 0.25) is 5.02 Å². The minimum Gasteiger partial charge on any atom is -0.399 e. The van der Waals surface area contributed by atoms with Gasteiger partial charge in [-0.15, -0.1) is 0 Å². The van der Waals surface area contributed by atoms with Crippen molar-refractivity contribution >= 4 is 28.3 Å². The first-order chi connectivity index (χ1) is 9.56. The van der Waals surface area contributed by atoms with Crippen molar-refractivity contribution in [1.29, 1.82) is 0 Å². The van der Waals surface area contributed by atoms with Gasteiger partial charge in [-0.25, -0.2) is 4.98 Å². The van der Waals surface area contributed by atoms with Crippen molar-refractivity contribution in [1.82, 2.24) is 9.55 Å². The molecule has 0 saturated heterocycles. The summed E-state index contributed by atoms with van der Waals surface area (Å²) < 4.78 is 2.22. The van der Waals surface area contributed by atoms with Crippen LogP contribution >= 0.6 is 11.6 Å². The Hall–Kier alpha value is -2.00. The Labute approximate surface area is 123 Å². The first-order valence-corrected chi connectivity index (χ1v) is 6.97. The van der Waals surface area contributed by atoms with E-state index in [0.717, 1.165) is 28.1 Å². The van der Waals surface area contributed by atoms with Crippen molar-refractivity contribution in [2.45, 2.75) is 19.9 Å². The Morgan fingerprint density at radius 3 is 2.45 bits per heavy atom. The zero-order valence-electron chi connectivity index (χ0n) is 11.5. The quantitative estimate of drug-likeness (QED) is 0.704. The summed E-state index contributed by atoms with van der Waals surface area (Å²) in [6.45, 7) is 4.30. The van der Waals surface area contributed by atoms with Crippen LogP contribution in [0, 0.1) is 0 Å². The Bertz CT molecular complexity index is 757. The molecule has 0 atom stereocenters. The number of imidazole rings is 1. The van der Waals surface area contributed by atoms with E-state index in [1.54, 1.807) is 0 Å². The van der Waals surface area contributed by atoms with E-state index < -0.39 is 0 Å². The molecule has 0 aliphatic heterocycles. The SMILES string of the molecule is CC(C)n1c(-c2ccc(N)cc2)nc2cc(Cl)ccc21. The molecule has 2 aromatic carbocycles. The third-order valence-corrected chi connectivity index (χ3v) is 3.57. The van der Waals surface area contributed by atoms with Crippen molar-refractivity contribution in [3.8, 4) is 11.4 Å². The van der Waals surface area contributed by atoms with Gasteiger partial charge in [-0.2, -0.15) is 0 Å². The third-order valence-electron chi connectivity index (χ3n) is 3.34. The first kappa shape index (κ1) is 13.0. The lowest BCUT2D eigenvalue weighted by Gasteiger charge is -2.13. The van der Waals surface area contributed by atoms with Gasteiger partial charge in [-0.3, -0.25) is 0 Å². The van der Waals surface area contributed by atoms with E-state index in [1.165, 1.54) is 0 Å². The highest BCUT2D eigenvalue weighted by atomic mass is 35.5. The van der Waals surface area contributed by atoms with Crippen LogP contribution in [0.4, 0.5) is 5.69 Å². The van der Waals surface area contributed by atoms with Crippen molar-refractivity contribution in [3.05, 3.63) is 47.5 Å². The van der Waals surface area contributed by atoms with Crippen molar-refractivity contribution in [3.63, 3.8) is 0 Å². The number of benzene rings is 2. The Morgan fingerprint density at radius 1 is 1.10 bits per heavy atom. The molecular formula is C16H16ClN3. The van der Waals surface area contributed by atoms with E-state index in [1.807, 2.05) is 42.5 Å². The van der Waals surface area contributed by atoms with Gasteiger partial charge in [-0.1, -0.05) is 11.6 Å². The van der Waals surface area contributed by atoms with Gasteiger partial charge in [0.05, 0.1) is 11.0 Å². The van der Waals surface area contributed by atoms with E-state index in [4.69, 9.17) is 22.3 Å². The number of rotatable bonds is 2. The summed E-state index contributed by atoms with van der Waals surface area (Å²) in [7, 11) is 0.